The summed E-state index contributed by atoms with van der Waals surface area (Å²) in [7, 11) is -3.08. The standard InChI is InChI=1S/C19H17ClN2O4S2/c20-13-3-1-12(2-4-13)8-27-19-21-15-9-28(23,24)10-16(15)22(19)14-5-6-17-18(7-14)26-11-25-17/h1-7,15-16H,8-11H2/t15-,16-/m0/s1. The number of thioether (sulfide) groups is 1. The first-order valence-corrected chi connectivity index (χ1v) is 12.0. The van der Waals surface area contributed by atoms with Crippen LogP contribution in [0.2, 0.25) is 5.02 Å². The highest BCUT2D eigenvalue weighted by atomic mass is 35.5. The number of amidine groups is 1. The molecule has 0 unspecified atom stereocenters. The Bertz CT molecular complexity index is 1060. The number of aliphatic imine (C=N–C) groups is 1. The SMILES string of the molecule is O=S1(=O)C[C@@H]2N=C(SCc3ccc(Cl)cc3)N(c3ccc4c(c3)OCO4)[C@H]2C1. The summed E-state index contributed by atoms with van der Waals surface area (Å²) in [5, 5.41) is 1.53. The van der Waals surface area contributed by atoms with Gasteiger partial charge in [0.25, 0.3) is 0 Å². The average Bonchev–Trinajstić information content (AvgIpc) is 3.32. The first kappa shape index (κ1) is 18.1. The first-order chi connectivity index (χ1) is 13.5. The molecule has 0 aliphatic carbocycles. The van der Waals surface area contributed by atoms with Gasteiger partial charge in [-0.2, -0.15) is 0 Å². The molecule has 1 fully saturated rings. The Kier molecular flexibility index (Phi) is 4.45. The number of sulfone groups is 1. The first-order valence-electron chi connectivity index (χ1n) is 8.83. The summed E-state index contributed by atoms with van der Waals surface area (Å²) in [4.78, 5) is 6.80. The molecule has 3 aliphatic rings. The monoisotopic (exact) mass is 436 g/mol. The van der Waals surface area contributed by atoms with Gasteiger partial charge in [-0.15, -0.1) is 0 Å². The zero-order valence-electron chi connectivity index (χ0n) is 14.7. The minimum Gasteiger partial charge on any atom is -0.454 e. The van der Waals surface area contributed by atoms with Crippen LogP contribution < -0.4 is 14.4 Å². The van der Waals surface area contributed by atoms with E-state index in [2.05, 4.69) is 0 Å². The summed E-state index contributed by atoms with van der Waals surface area (Å²) >= 11 is 7.56. The van der Waals surface area contributed by atoms with Crippen LogP contribution >= 0.6 is 23.4 Å². The summed E-state index contributed by atoms with van der Waals surface area (Å²) in [5.41, 5.74) is 2.00. The summed E-state index contributed by atoms with van der Waals surface area (Å²) in [6.45, 7) is 0.200. The van der Waals surface area contributed by atoms with Crippen LogP contribution in [0.15, 0.2) is 47.5 Å². The lowest BCUT2D eigenvalue weighted by atomic mass is 10.1. The summed E-state index contributed by atoms with van der Waals surface area (Å²) in [6, 6.07) is 13.0. The molecule has 0 radical (unpaired) electrons. The van der Waals surface area contributed by atoms with E-state index < -0.39 is 9.84 Å². The Balaban J connectivity index is 1.44. The Morgan fingerprint density at radius 1 is 1.11 bits per heavy atom. The fourth-order valence-electron chi connectivity index (χ4n) is 3.70. The number of nitrogens with zero attached hydrogens (tertiary/aromatic N) is 2. The maximum absolute atomic E-state index is 12.2. The van der Waals surface area contributed by atoms with E-state index in [0.29, 0.717) is 16.5 Å². The van der Waals surface area contributed by atoms with E-state index in [9.17, 15) is 8.42 Å². The van der Waals surface area contributed by atoms with Gasteiger partial charge in [0.15, 0.2) is 26.5 Å². The summed E-state index contributed by atoms with van der Waals surface area (Å²) < 4.78 is 35.2. The molecule has 0 spiro atoms. The highest BCUT2D eigenvalue weighted by Crippen LogP contribution is 2.40. The molecular formula is C19H17ClN2O4S2. The molecule has 3 heterocycles. The van der Waals surface area contributed by atoms with Crippen molar-refractivity contribution in [1.82, 2.24) is 0 Å². The maximum Gasteiger partial charge on any atom is 0.231 e. The number of halogens is 1. The minimum absolute atomic E-state index is 0.101. The molecule has 28 heavy (non-hydrogen) atoms. The molecule has 0 saturated carbocycles. The zero-order valence-corrected chi connectivity index (χ0v) is 17.1. The van der Waals surface area contributed by atoms with Gasteiger partial charge in [-0.3, -0.25) is 4.99 Å². The second kappa shape index (κ2) is 6.86. The molecule has 6 nitrogen and oxygen atoms in total. The molecule has 0 amide bonds. The van der Waals surface area contributed by atoms with Gasteiger partial charge in [-0.05, 0) is 29.8 Å². The largest absolute Gasteiger partial charge is 0.454 e. The lowest BCUT2D eigenvalue weighted by Gasteiger charge is -2.26. The third-order valence-corrected chi connectivity index (χ3v) is 8.01. The maximum atomic E-state index is 12.2. The lowest BCUT2D eigenvalue weighted by molar-refractivity contribution is 0.174. The van der Waals surface area contributed by atoms with Gasteiger partial charge < -0.3 is 14.4 Å². The second-order valence-electron chi connectivity index (χ2n) is 6.95. The van der Waals surface area contributed by atoms with Gasteiger partial charge in [0.2, 0.25) is 6.79 Å². The van der Waals surface area contributed by atoms with Gasteiger partial charge in [0.05, 0.1) is 23.6 Å². The van der Waals surface area contributed by atoms with Crippen LogP contribution in [0.25, 0.3) is 0 Å². The van der Waals surface area contributed by atoms with E-state index in [4.69, 9.17) is 26.1 Å². The topological polar surface area (TPSA) is 68.2 Å². The average molecular weight is 437 g/mol. The predicted octanol–water partition coefficient (Wildman–Crippen LogP) is 3.34. The molecule has 1 saturated heterocycles. The molecule has 2 aromatic rings. The van der Waals surface area contributed by atoms with E-state index in [1.165, 1.54) is 0 Å². The molecule has 5 rings (SSSR count). The normalized spacial score (nSPS) is 24.3. The molecule has 0 aromatic heterocycles. The molecular weight excluding hydrogens is 420 g/mol. The zero-order chi connectivity index (χ0) is 19.3. The quantitative estimate of drug-likeness (QED) is 0.735. The molecule has 146 valence electrons. The van der Waals surface area contributed by atoms with Gasteiger partial charge >= 0.3 is 0 Å². The number of hydrogen-bond donors (Lipinski definition) is 0. The van der Waals surface area contributed by atoms with Crippen molar-refractivity contribution >= 4 is 44.1 Å². The van der Waals surface area contributed by atoms with Gasteiger partial charge in [0.1, 0.15) is 0 Å². The minimum atomic E-state index is -3.08. The van der Waals surface area contributed by atoms with Crippen LogP contribution in [0.4, 0.5) is 5.69 Å². The van der Waals surface area contributed by atoms with Crippen LogP contribution in [0.3, 0.4) is 0 Å². The van der Waals surface area contributed by atoms with Crippen LogP contribution in [0.5, 0.6) is 11.5 Å². The second-order valence-corrected chi connectivity index (χ2v) is 10.5. The van der Waals surface area contributed by atoms with Crippen molar-refractivity contribution in [2.75, 3.05) is 23.2 Å². The fraction of sp³-hybridized carbons (Fsp3) is 0.316. The van der Waals surface area contributed by atoms with Crippen molar-refractivity contribution in [1.29, 1.82) is 0 Å². The fourth-order valence-corrected chi connectivity index (χ4v) is 6.75. The van der Waals surface area contributed by atoms with Crippen LogP contribution in [0, 0.1) is 0 Å². The Morgan fingerprint density at radius 2 is 1.89 bits per heavy atom. The number of benzene rings is 2. The Hall–Kier alpha value is -1.90. The van der Waals surface area contributed by atoms with Crippen LogP contribution in [0.1, 0.15) is 5.56 Å². The number of rotatable bonds is 3. The van der Waals surface area contributed by atoms with Crippen molar-refractivity contribution < 1.29 is 17.9 Å². The number of fused-ring (bicyclic) bond motifs is 2. The van der Waals surface area contributed by atoms with Gasteiger partial charge in [-0.1, -0.05) is 35.5 Å². The molecule has 2 atom stereocenters. The van der Waals surface area contributed by atoms with Gasteiger partial charge in [-0.25, -0.2) is 8.42 Å². The smallest absolute Gasteiger partial charge is 0.231 e. The molecule has 9 heteroatoms. The number of hydrogen-bond acceptors (Lipinski definition) is 7. The van der Waals surface area contributed by atoms with Crippen molar-refractivity contribution in [3.05, 3.63) is 53.1 Å². The van der Waals surface area contributed by atoms with Crippen molar-refractivity contribution in [2.24, 2.45) is 4.99 Å². The highest BCUT2D eigenvalue weighted by Gasteiger charge is 2.47. The molecule has 3 aliphatic heterocycles. The van der Waals surface area contributed by atoms with Crippen molar-refractivity contribution in [3.63, 3.8) is 0 Å². The van der Waals surface area contributed by atoms with E-state index in [1.54, 1.807) is 11.8 Å². The molecule has 2 aromatic carbocycles. The molecule has 0 bridgehead atoms. The van der Waals surface area contributed by atoms with Gasteiger partial charge in [0, 0.05) is 22.5 Å². The summed E-state index contributed by atoms with van der Waals surface area (Å²) in [6.07, 6.45) is 0. The van der Waals surface area contributed by atoms with Crippen LogP contribution in [-0.4, -0.2) is 44.0 Å². The van der Waals surface area contributed by atoms with E-state index in [-0.39, 0.29) is 30.4 Å². The lowest BCUT2D eigenvalue weighted by Crippen LogP contribution is -2.39. The number of anilines is 1. The van der Waals surface area contributed by atoms with Crippen molar-refractivity contribution in [3.8, 4) is 11.5 Å². The molecule has 0 N–H and O–H groups in total. The summed E-state index contributed by atoms with van der Waals surface area (Å²) in [5.74, 6) is 2.31. The van der Waals surface area contributed by atoms with Crippen molar-refractivity contribution in [2.45, 2.75) is 17.8 Å². The predicted molar refractivity (Wildman–Crippen MR) is 111 cm³/mol. The Labute approximate surface area is 172 Å². The van der Waals surface area contributed by atoms with Crippen LogP contribution in [-0.2, 0) is 15.6 Å². The third-order valence-electron chi connectivity index (χ3n) is 5.02. The van der Waals surface area contributed by atoms with E-state index >= 15 is 0 Å². The third kappa shape index (κ3) is 3.33. The van der Waals surface area contributed by atoms with E-state index in [1.807, 2.05) is 47.4 Å². The van der Waals surface area contributed by atoms with E-state index in [0.717, 1.165) is 22.2 Å². The number of ether oxygens (including phenoxy) is 2. The highest BCUT2D eigenvalue weighted by molar-refractivity contribution is 8.13. The Morgan fingerprint density at radius 3 is 2.71 bits per heavy atom.